The highest BCUT2D eigenvalue weighted by atomic mass is 16.8. The first-order chi connectivity index (χ1) is 30.7. The first-order valence-corrected chi connectivity index (χ1v) is 24.0. The molecule has 0 amide bonds. The predicted octanol–water partition coefficient (Wildman–Crippen LogP) is -2.81. The summed E-state index contributed by atoms with van der Waals surface area (Å²) < 4.78 is 41.7. The molecular formula is C45H76O20. The molecule has 8 rings (SSSR count). The van der Waals surface area contributed by atoms with Crippen LogP contribution in [0.1, 0.15) is 85.5 Å². The highest BCUT2D eigenvalue weighted by molar-refractivity contribution is 5.18. The maximum atomic E-state index is 12.2. The minimum Gasteiger partial charge on any atom is -0.394 e. The molecule has 8 fully saturated rings. The van der Waals surface area contributed by atoms with Gasteiger partial charge in [0, 0.05) is 18.3 Å². The van der Waals surface area contributed by atoms with Crippen molar-refractivity contribution in [2.24, 2.45) is 52.3 Å². The molecule has 20 heteroatoms. The average molecular weight is 937 g/mol. The lowest BCUT2D eigenvalue weighted by Crippen LogP contribution is -2.65. The van der Waals surface area contributed by atoms with Crippen LogP contribution in [-0.2, 0) is 33.2 Å². The first-order valence-electron chi connectivity index (χ1n) is 24.0. The molecule has 0 bridgehead atoms. The van der Waals surface area contributed by atoms with E-state index in [1.807, 2.05) is 13.8 Å². The predicted molar refractivity (Wildman–Crippen MR) is 220 cm³/mol. The lowest BCUT2D eigenvalue weighted by molar-refractivity contribution is -0.373. The third-order valence-corrected chi connectivity index (χ3v) is 18.0. The number of rotatable bonds is 13. The Morgan fingerprint density at radius 3 is 1.82 bits per heavy atom. The van der Waals surface area contributed by atoms with Gasteiger partial charge in [-0.1, -0.05) is 27.7 Å². The molecule has 4 saturated heterocycles. The molecule has 0 spiro atoms. The fourth-order valence-corrected chi connectivity index (χ4v) is 14.2. The molecule has 8 aliphatic rings. The monoisotopic (exact) mass is 936 g/mol. The Balaban J connectivity index is 0.885. The highest BCUT2D eigenvalue weighted by Crippen LogP contribution is 2.71. The van der Waals surface area contributed by atoms with Gasteiger partial charge in [0.1, 0.15) is 73.2 Å². The maximum Gasteiger partial charge on any atom is 0.187 e. The van der Waals surface area contributed by atoms with E-state index < -0.39 is 130 Å². The van der Waals surface area contributed by atoms with Crippen molar-refractivity contribution in [1.82, 2.24) is 0 Å². The topological polar surface area (TPSA) is 328 Å². The van der Waals surface area contributed by atoms with E-state index in [1.54, 1.807) is 0 Å². The summed E-state index contributed by atoms with van der Waals surface area (Å²) in [5.74, 6) is -1.18. The average Bonchev–Trinajstić information content (AvgIpc) is 3.69. The van der Waals surface area contributed by atoms with Crippen LogP contribution in [-0.4, -0.2) is 209 Å². The lowest BCUT2D eigenvalue weighted by atomic mass is 9.44. The largest absolute Gasteiger partial charge is 0.394 e. The molecule has 0 aromatic carbocycles. The zero-order chi connectivity index (χ0) is 47.1. The van der Waals surface area contributed by atoms with E-state index in [-0.39, 0.29) is 65.5 Å². The van der Waals surface area contributed by atoms with Gasteiger partial charge >= 0.3 is 0 Å². The van der Waals surface area contributed by atoms with Crippen LogP contribution < -0.4 is 0 Å². The summed E-state index contributed by atoms with van der Waals surface area (Å²) >= 11 is 0. The molecule has 65 heavy (non-hydrogen) atoms. The Hall–Kier alpha value is -0.800. The fraction of sp³-hybridized carbons (Fsp3) is 1.00. The molecule has 28 atom stereocenters. The summed E-state index contributed by atoms with van der Waals surface area (Å²) in [5.41, 5.74) is -0.356. The molecule has 0 aromatic rings. The van der Waals surface area contributed by atoms with Crippen LogP contribution in [0.15, 0.2) is 0 Å². The number of fused-ring (bicyclic) bond motifs is 7. The van der Waals surface area contributed by atoms with E-state index in [1.165, 1.54) is 0 Å². The minimum atomic E-state index is -1.77. The number of hydrogen-bond acceptors (Lipinski definition) is 20. The molecule has 4 heterocycles. The maximum absolute atomic E-state index is 12.2. The van der Waals surface area contributed by atoms with Crippen LogP contribution in [0.4, 0.5) is 0 Å². The van der Waals surface area contributed by atoms with Crippen molar-refractivity contribution >= 4 is 0 Å². The second-order valence-corrected chi connectivity index (χ2v) is 21.6. The Labute approximate surface area is 379 Å². The zero-order valence-electron chi connectivity index (χ0n) is 37.8. The Bertz CT molecular complexity index is 1600. The van der Waals surface area contributed by atoms with Crippen molar-refractivity contribution < 1.29 is 99.5 Å². The lowest BCUT2D eigenvalue weighted by Gasteiger charge is -2.61. The summed E-state index contributed by atoms with van der Waals surface area (Å²) in [6.45, 7) is 6.79. The molecule has 4 aliphatic carbocycles. The van der Waals surface area contributed by atoms with E-state index in [4.69, 9.17) is 33.2 Å². The van der Waals surface area contributed by atoms with Crippen molar-refractivity contribution in [3.05, 3.63) is 0 Å². The SMILES string of the molecule is CC(CCC1(O)OC2C(O)C3C4CCC5CC(OC6OC(CO)C(O)C(O)C6OC6OC(CO)C(O)C(O)C6O)CCC5(C)C4CCC3(C)C2C1C)COC1OC(CO)C(O)C(O)C1O. The highest BCUT2D eigenvalue weighted by Gasteiger charge is 2.71. The van der Waals surface area contributed by atoms with E-state index in [0.717, 1.165) is 32.1 Å². The Kier molecular flexibility index (Phi) is 15.1. The van der Waals surface area contributed by atoms with Crippen LogP contribution in [0.2, 0.25) is 0 Å². The molecule has 13 N–H and O–H groups in total. The van der Waals surface area contributed by atoms with E-state index in [2.05, 4.69) is 13.8 Å². The molecule has 20 nitrogen and oxygen atoms in total. The minimum absolute atomic E-state index is 0.0276. The van der Waals surface area contributed by atoms with E-state index in [0.29, 0.717) is 25.2 Å². The molecule has 0 radical (unpaired) electrons. The Morgan fingerprint density at radius 1 is 0.615 bits per heavy atom. The number of hydrogen-bond donors (Lipinski definition) is 13. The zero-order valence-corrected chi connectivity index (χ0v) is 37.8. The van der Waals surface area contributed by atoms with Crippen molar-refractivity contribution in [1.29, 1.82) is 0 Å². The van der Waals surface area contributed by atoms with Crippen LogP contribution >= 0.6 is 0 Å². The summed E-state index contributed by atoms with van der Waals surface area (Å²) in [7, 11) is 0. The molecule has 4 aliphatic heterocycles. The van der Waals surface area contributed by atoms with E-state index in [9.17, 15) is 66.4 Å². The number of ether oxygens (including phenoxy) is 7. The number of aliphatic hydroxyl groups is 13. The quantitative estimate of drug-likeness (QED) is 0.0829. The molecule has 4 saturated carbocycles. The van der Waals surface area contributed by atoms with Crippen LogP contribution in [0, 0.1) is 52.3 Å². The summed E-state index contributed by atoms with van der Waals surface area (Å²) in [5, 5.41) is 137. The molecular weight excluding hydrogens is 860 g/mol. The second-order valence-electron chi connectivity index (χ2n) is 21.6. The van der Waals surface area contributed by atoms with Gasteiger partial charge in [-0.15, -0.1) is 0 Å². The van der Waals surface area contributed by atoms with Crippen LogP contribution in [0.3, 0.4) is 0 Å². The van der Waals surface area contributed by atoms with Crippen molar-refractivity contribution in [3.63, 3.8) is 0 Å². The molecule has 0 aromatic heterocycles. The van der Waals surface area contributed by atoms with Crippen LogP contribution in [0.25, 0.3) is 0 Å². The van der Waals surface area contributed by atoms with Gasteiger partial charge in [-0.05, 0) is 91.8 Å². The normalized spacial score (nSPS) is 56.1. The molecule has 28 unspecified atom stereocenters. The van der Waals surface area contributed by atoms with Gasteiger partial charge in [0.05, 0.1) is 44.7 Å². The summed E-state index contributed by atoms with van der Waals surface area (Å²) in [6.07, 6.45) is -17.3. The van der Waals surface area contributed by atoms with Crippen molar-refractivity contribution in [2.45, 2.75) is 202 Å². The first kappa shape index (κ1) is 50.6. The Morgan fingerprint density at radius 2 is 1.18 bits per heavy atom. The van der Waals surface area contributed by atoms with Crippen molar-refractivity contribution in [3.8, 4) is 0 Å². The van der Waals surface area contributed by atoms with Gasteiger partial charge in [-0.25, -0.2) is 0 Å². The summed E-state index contributed by atoms with van der Waals surface area (Å²) in [6, 6.07) is 0. The van der Waals surface area contributed by atoms with Gasteiger partial charge < -0.3 is 99.5 Å². The van der Waals surface area contributed by atoms with Crippen molar-refractivity contribution in [2.75, 3.05) is 26.4 Å². The third kappa shape index (κ3) is 8.78. The van der Waals surface area contributed by atoms with Gasteiger partial charge in [-0.3, -0.25) is 0 Å². The van der Waals surface area contributed by atoms with Crippen LogP contribution in [0.5, 0.6) is 0 Å². The smallest absolute Gasteiger partial charge is 0.187 e. The van der Waals surface area contributed by atoms with E-state index >= 15 is 0 Å². The summed E-state index contributed by atoms with van der Waals surface area (Å²) in [4.78, 5) is 0. The standard InChI is InChI=1S/C45H76O20/c1-18(17-59-40-36(56)33(53)29(49)24(14-46)61-40)7-12-45(58)19(2)27-38(65-45)32(52)28-22-6-5-20-13-21(8-10-43(20,3)23(22)9-11-44(27,28)4)60-42-39(35(55)31(51)26(16-48)63-42)64-41-37(57)34(54)30(50)25(15-47)62-41/h18-42,46-58H,5-17H2,1-4H3. The number of aliphatic hydroxyl groups excluding tert-OH is 12. The van der Waals surface area contributed by atoms with Gasteiger partial charge in [-0.2, -0.15) is 0 Å². The van der Waals surface area contributed by atoms with Gasteiger partial charge in [0.25, 0.3) is 0 Å². The molecule has 376 valence electrons. The van der Waals surface area contributed by atoms with Gasteiger partial charge in [0.15, 0.2) is 24.7 Å². The van der Waals surface area contributed by atoms with Gasteiger partial charge in [0.2, 0.25) is 0 Å². The third-order valence-electron chi connectivity index (χ3n) is 18.0. The second kappa shape index (κ2) is 19.4. The fourth-order valence-electron chi connectivity index (χ4n) is 14.2.